The first-order chi connectivity index (χ1) is 29.2. The minimum absolute atomic E-state index is 0.702. The fourth-order valence-electron chi connectivity index (χ4n) is 7.97. The van der Waals surface area contributed by atoms with Crippen molar-refractivity contribution in [1.82, 2.24) is 24.9 Å². The Balaban J connectivity index is 1.07. The Morgan fingerprint density at radius 3 is 1.66 bits per heavy atom. The Bertz CT molecular complexity index is 3240. The Kier molecular flexibility index (Phi) is 8.60. The lowest BCUT2D eigenvalue weighted by atomic mass is 9.94. The highest BCUT2D eigenvalue weighted by atomic mass is 32.1. The van der Waals surface area contributed by atoms with Gasteiger partial charge in [0, 0.05) is 73.0 Å². The first-order valence-electron chi connectivity index (χ1n) is 19.5. The third kappa shape index (κ3) is 6.42. The van der Waals surface area contributed by atoms with E-state index >= 15 is 0 Å². The molecule has 5 heterocycles. The molecule has 5 nitrogen and oxygen atoms in total. The third-order valence-electron chi connectivity index (χ3n) is 10.9. The van der Waals surface area contributed by atoms with E-state index in [4.69, 9.17) is 15.0 Å². The van der Waals surface area contributed by atoms with Gasteiger partial charge in [-0.25, -0.2) is 15.0 Å². The van der Waals surface area contributed by atoms with Crippen molar-refractivity contribution in [2.45, 2.75) is 0 Å². The summed E-state index contributed by atoms with van der Waals surface area (Å²) in [6.45, 7) is 0. The number of rotatable bonds is 7. The lowest BCUT2D eigenvalue weighted by molar-refractivity contribution is 1.18. The SMILES string of the molecule is c1ccc(-c2cc(-c3ccc(-c4ccc5c(c4)nc(-c4ccc6ccccc6c4)c4c(-c6ccncc6)c(-c6ccncc6)sc45)cc3)nc(-c3ccccc3)n2)cc1. The molecule has 11 aromatic rings. The average Bonchev–Trinajstić information content (AvgIpc) is 3.73. The van der Waals surface area contributed by atoms with Crippen LogP contribution in [0.1, 0.15) is 0 Å². The van der Waals surface area contributed by atoms with E-state index in [0.717, 1.165) is 83.4 Å². The van der Waals surface area contributed by atoms with Crippen molar-refractivity contribution in [2.24, 2.45) is 0 Å². The minimum Gasteiger partial charge on any atom is -0.265 e. The van der Waals surface area contributed by atoms with E-state index < -0.39 is 0 Å². The number of fused-ring (bicyclic) bond motifs is 4. The summed E-state index contributed by atoms with van der Waals surface area (Å²) in [5, 5.41) is 4.64. The molecule has 0 aliphatic heterocycles. The highest BCUT2D eigenvalue weighted by molar-refractivity contribution is 7.24. The molecule has 0 radical (unpaired) electrons. The number of aromatic nitrogens is 5. The molecule has 0 aliphatic carbocycles. The summed E-state index contributed by atoms with van der Waals surface area (Å²) >= 11 is 1.81. The van der Waals surface area contributed by atoms with E-state index in [2.05, 4.69) is 149 Å². The summed E-state index contributed by atoms with van der Waals surface area (Å²) in [6.07, 6.45) is 7.46. The van der Waals surface area contributed by atoms with Crippen molar-refractivity contribution in [1.29, 1.82) is 0 Å². The highest BCUT2D eigenvalue weighted by Crippen LogP contribution is 2.50. The zero-order valence-electron chi connectivity index (χ0n) is 31.7. The summed E-state index contributed by atoms with van der Waals surface area (Å²) in [5.74, 6) is 0.702. The van der Waals surface area contributed by atoms with Gasteiger partial charge in [0.15, 0.2) is 5.82 Å². The van der Waals surface area contributed by atoms with Gasteiger partial charge in [0.05, 0.1) is 22.6 Å². The summed E-state index contributed by atoms with van der Waals surface area (Å²) in [4.78, 5) is 25.5. The van der Waals surface area contributed by atoms with Gasteiger partial charge in [-0.2, -0.15) is 0 Å². The molecule has 0 atom stereocenters. The van der Waals surface area contributed by atoms with E-state index in [9.17, 15) is 0 Å². The van der Waals surface area contributed by atoms with Gasteiger partial charge in [-0.15, -0.1) is 11.3 Å². The molecular weight excluding hydrogens is 739 g/mol. The number of hydrogen-bond donors (Lipinski definition) is 0. The number of benzene rings is 6. The van der Waals surface area contributed by atoms with E-state index in [1.54, 1.807) is 0 Å². The zero-order valence-corrected chi connectivity index (χ0v) is 32.5. The van der Waals surface area contributed by atoms with Crippen molar-refractivity contribution >= 4 is 43.1 Å². The number of hydrogen-bond acceptors (Lipinski definition) is 6. The standard InChI is InChI=1S/C53H33N5S/c1-3-10-36(11-4-1)45-33-46(58-53(57-45)40-12-5-2-6-13-40)37-18-15-35(16-19-37)42-21-22-44-47(32-42)56-50(43-20-17-34-9-7-8-14-41(34)31-43)49-48(38-23-27-54-28-24-38)51(59-52(44)49)39-25-29-55-30-26-39/h1-33H. The second-order valence-electron chi connectivity index (χ2n) is 14.5. The monoisotopic (exact) mass is 771 g/mol. The fourth-order valence-corrected chi connectivity index (χ4v) is 9.33. The van der Waals surface area contributed by atoms with Gasteiger partial charge in [0.25, 0.3) is 0 Å². The first-order valence-corrected chi connectivity index (χ1v) is 20.4. The van der Waals surface area contributed by atoms with Gasteiger partial charge in [-0.05, 0) is 75.5 Å². The number of pyridine rings is 3. The van der Waals surface area contributed by atoms with Crippen LogP contribution in [0.5, 0.6) is 0 Å². The molecule has 11 rings (SSSR count). The van der Waals surface area contributed by atoms with Crippen LogP contribution >= 0.6 is 11.3 Å². The van der Waals surface area contributed by atoms with Gasteiger partial charge >= 0.3 is 0 Å². The van der Waals surface area contributed by atoms with Gasteiger partial charge in [-0.1, -0.05) is 133 Å². The molecule has 5 aromatic heterocycles. The molecule has 0 saturated heterocycles. The molecule has 0 saturated carbocycles. The van der Waals surface area contributed by atoms with Crippen molar-refractivity contribution < 1.29 is 0 Å². The lowest BCUT2D eigenvalue weighted by Crippen LogP contribution is -1.95. The quantitative estimate of drug-likeness (QED) is 0.161. The van der Waals surface area contributed by atoms with Crippen molar-refractivity contribution in [3.63, 3.8) is 0 Å². The Morgan fingerprint density at radius 2 is 0.949 bits per heavy atom. The molecule has 0 N–H and O–H groups in total. The topological polar surface area (TPSA) is 64.5 Å². The van der Waals surface area contributed by atoms with Crippen molar-refractivity contribution in [3.8, 4) is 77.9 Å². The third-order valence-corrected chi connectivity index (χ3v) is 12.2. The van der Waals surface area contributed by atoms with E-state index in [1.807, 2.05) is 72.5 Å². The Morgan fingerprint density at radius 1 is 0.373 bits per heavy atom. The summed E-state index contributed by atoms with van der Waals surface area (Å²) in [7, 11) is 0. The van der Waals surface area contributed by atoms with Crippen LogP contribution in [0.4, 0.5) is 0 Å². The zero-order chi connectivity index (χ0) is 39.1. The van der Waals surface area contributed by atoms with Crippen LogP contribution in [0.2, 0.25) is 0 Å². The maximum absolute atomic E-state index is 5.56. The predicted molar refractivity (Wildman–Crippen MR) is 244 cm³/mol. The minimum atomic E-state index is 0.702. The second-order valence-corrected chi connectivity index (χ2v) is 15.5. The van der Waals surface area contributed by atoms with Crippen LogP contribution in [-0.4, -0.2) is 24.9 Å². The molecular formula is C53H33N5S. The van der Waals surface area contributed by atoms with Gasteiger partial charge in [-0.3, -0.25) is 9.97 Å². The lowest BCUT2D eigenvalue weighted by Gasteiger charge is -2.12. The van der Waals surface area contributed by atoms with Gasteiger partial charge < -0.3 is 0 Å². The summed E-state index contributed by atoms with van der Waals surface area (Å²) in [5.41, 5.74) is 13.4. The van der Waals surface area contributed by atoms with E-state index in [1.165, 1.54) is 20.3 Å². The smallest absolute Gasteiger partial charge is 0.160 e. The molecule has 0 amide bonds. The Labute approximate surface area is 345 Å². The molecule has 0 fully saturated rings. The average molecular weight is 772 g/mol. The van der Waals surface area contributed by atoms with Gasteiger partial charge in [0.2, 0.25) is 0 Å². The molecule has 0 aliphatic rings. The number of thiophene rings is 1. The van der Waals surface area contributed by atoms with E-state index in [-0.39, 0.29) is 0 Å². The summed E-state index contributed by atoms with van der Waals surface area (Å²) in [6, 6.07) is 61.5. The molecule has 276 valence electrons. The normalized spacial score (nSPS) is 11.4. The van der Waals surface area contributed by atoms with Crippen LogP contribution in [0.15, 0.2) is 201 Å². The second kappa shape index (κ2) is 14.7. The maximum Gasteiger partial charge on any atom is 0.160 e. The largest absolute Gasteiger partial charge is 0.265 e. The highest BCUT2D eigenvalue weighted by Gasteiger charge is 2.23. The molecule has 0 spiro atoms. The van der Waals surface area contributed by atoms with E-state index in [0.29, 0.717) is 5.82 Å². The van der Waals surface area contributed by atoms with Crippen molar-refractivity contribution in [2.75, 3.05) is 0 Å². The number of nitrogens with zero attached hydrogens (tertiary/aromatic N) is 5. The molecule has 6 aromatic carbocycles. The molecule has 0 unspecified atom stereocenters. The fraction of sp³-hybridized carbons (Fsp3) is 0. The molecule has 59 heavy (non-hydrogen) atoms. The molecule has 0 bridgehead atoms. The molecule has 6 heteroatoms. The van der Waals surface area contributed by atoms with Crippen molar-refractivity contribution in [3.05, 3.63) is 201 Å². The van der Waals surface area contributed by atoms with Gasteiger partial charge in [0.1, 0.15) is 0 Å². The first kappa shape index (κ1) is 34.6. The van der Waals surface area contributed by atoms with Crippen LogP contribution in [-0.2, 0) is 0 Å². The van der Waals surface area contributed by atoms with Crippen LogP contribution in [0, 0.1) is 0 Å². The van der Waals surface area contributed by atoms with Crippen LogP contribution in [0.25, 0.3) is 110 Å². The Hall–Kier alpha value is -7.67. The van der Waals surface area contributed by atoms with Crippen LogP contribution in [0.3, 0.4) is 0 Å². The maximum atomic E-state index is 5.56. The predicted octanol–water partition coefficient (Wildman–Crippen LogP) is 13.9. The van der Waals surface area contributed by atoms with Crippen LogP contribution < -0.4 is 0 Å². The summed E-state index contributed by atoms with van der Waals surface area (Å²) < 4.78 is 1.20.